The molecule has 2 aromatic rings. The Balaban J connectivity index is 1.85. The number of benzene rings is 1. The molecule has 0 unspecified atom stereocenters. The van der Waals surface area contributed by atoms with Gasteiger partial charge in [0.05, 0.1) is 16.3 Å². The number of rotatable bonds is 1. The molecule has 1 fully saturated rings. The first-order valence-corrected chi connectivity index (χ1v) is 8.11. The van der Waals surface area contributed by atoms with E-state index in [9.17, 15) is 4.79 Å². The molecule has 1 amide bonds. The number of thiazole rings is 1. The lowest BCUT2D eigenvalue weighted by Gasteiger charge is -2.27. The van der Waals surface area contributed by atoms with Gasteiger partial charge < -0.3 is 4.74 Å². The van der Waals surface area contributed by atoms with Gasteiger partial charge in [0.2, 0.25) is 0 Å². The molecular formula is C16H20N2O2S. The first-order chi connectivity index (χ1) is 9.94. The van der Waals surface area contributed by atoms with Crippen LogP contribution in [0.4, 0.5) is 4.79 Å². The molecule has 0 spiro atoms. The van der Waals surface area contributed by atoms with Gasteiger partial charge in [-0.3, -0.25) is 4.90 Å². The summed E-state index contributed by atoms with van der Waals surface area (Å²) >= 11 is 1.67. The van der Waals surface area contributed by atoms with E-state index in [4.69, 9.17) is 9.72 Å². The lowest BCUT2D eigenvalue weighted by atomic mass is 10.2. The third-order valence-electron chi connectivity index (χ3n) is 3.48. The summed E-state index contributed by atoms with van der Waals surface area (Å²) in [5.74, 6) is 0. The second-order valence-corrected chi connectivity index (χ2v) is 7.41. The normalized spacial score (nSPS) is 19.2. The first-order valence-electron chi connectivity index (χ1n) is 7.29. The van der Waals surface area contributed by atoms with Crippen LogP contribution in [-0.4, -0.2) is 28.1 Å². The third-order valence-corrected chi connectivity index (χ3v) is 4.61. The Morgan fingerprint density at radius 1 is 1.38 bits per heavy atom. The number of ether oxygens (including phenoxy) is 1. The summed E-state index contributed by atoms with van der Waals surface area (Å²) < 4.78 is 6.68. The average Bonchev–Trinajstić information content (AvgIpc) is 3.02. The number of carbonyl (C=O) groups is 1. The maximum absolute atomic E-state index is 12.3. The largest absolute Gasteiger partial charge is 0.444 e. The van der Waals surface area contributed by atoms with Crippen molar-refractivity contribution in [2.75, 3.05) is 6.54 Å². The van der Waals surface area contributed by atoms with E-state index in [0.717, 1.165) is 29.9 Å². The van der Waals surface area contributed by atoms with Crippen molar-refractivity contribution in [3.05, 3.63) is 29.3 Å². The van der Waals surface area contributed by atoms with E-state index < -0.39 is 5.60 Å². The molecule has 2 heterocycles. The van der Waals surface area contributed by atoms with Crippen LogP contribution >= 0.6 is 11.3 Å². The molecule has 5 heteroatoms. The smallest absolute Gasteiger partial charge is 0.410 e. The Labute approximate surface area is 128 Å². The van der Waals surface area contributed by atoms with E-state index in [0.29, 0.717) is 0 Å². The van der Waals surface area contributed by atoms with Crippen LogP contribution in [-0.2, 0) is 4.74 Å². The van der Waals surface area contributed by atoms with Gasteiger partial charge in [-0.2, -0.15) is 0 Å². The summed E-state index contributed by atoms with van der Waals surface area (Å²) in [6, 6.07) is 8.15. The van der Waals surface area contributed by atoms with Gasteiger partial charge in [0.25, 0.3) is 0 Å². The number of nitrogens with zero attached hydrogens (tertiary/aromatic N) is 2. The van der Waals surface area contributed by atoms with Gasteiger partial charge in [-0.1, -0.05) is 12.1 Å². The van der Waals surface area contributed by atoms with Crippen molar-refractivity contribution < 1.29 is 9.53 Å². The molecule has 1 aromatic carbocycles. The molecule has 21 heavy (non-hydrogen) atoms. The van der Waals surface area contributed by atoms with Crippen molar-refractivity contribution in [2.45, 2.75) is 45.3 Å². The quantitative estimate of drug-likeness (QED) is 0.785. The number of fused-ring (bicyclic) bond motifs is 1. The van der Waals surface area contributed by atoms with Crippen LogP contribution in [0.1, 0.15) is 44.7 Å². The molecule has 0 saturated carbocycles. The number of carbonyl (C=O) groups excluding carboxylic acids is 1. The molecule has 1 saturated heterocycles. The van der Waals surface area contributed by atoms with Gasteiger partial charge in [-0.05, 0) is 45.7 Å². The first kappa shape index (κ1) is 14.3. The van der Waals surface area contributed by atoms with E-state index >= 15 is 0 Å². The number of aromatic nitrogens is 1. The number of hydrogen-bond donors (Lipinski definition) is 0. The molecule has 0 N–H and O–H groups in total. The van der Waals surface area contributed by atoms with Crippen LogP contribution in [0, 0.1) is 0 Å². The van der Waals surface area contributed by atoms with Gasteiger partial charge in [-0.15, -0.1) is 11.3 Å². The zero-order chi connectivity index (χ0) is 15.0. The van der Waals surface area contributed by atoms with Crippen molar-refractivity contribution in [1.82, 2.24) is 9.88 Å². The van der Waals surface area contributed by atoms with Crippen LogP contribution in [0.2, 0.25) is 0 Å². The van der Waals surface area contributed by atoms with Crippen molar-refractivity contribution in [2.24, 2.45) is 0 Å². The van der Waals surface area contributed by atoms with Gasteiger partial charge in [-0.25, -0.2) is 9.78 Å². The molecule has 1 atom stereocenters. The molecular weight excluding hydrogens is 284 g/mol. The highest BCUT2D eigenvalue weighted by molar-refractivity contribution is 7.18. The summed E-state index contributed by atoms with van der Waals surface area (Å²) in [6.07, 6.45) is 1.73. The maximum Gasteiger partial charge on any atom is 0.410 e. The minimum Gasteiger partial charge on any atom is -0.444 e. The number of amides is 1. The summed E-state index contributed by atoms with van der Waals surface area (Å²) in [4.78, 5) is 18.9. The summed E-state index contributed by atoms with van der Waals surface area (Å²) in [6.45, 7) is 6.44. The topological polar surface area (TPSA) is 42.4 Å². The van der Waals surface area contributed by atoms with E-state index in [-0.39, 0.29) is 12.1 Å². The van der Waals surface area contributed by atoms with E-state index in [1.54, 1.807) is 11.3 Å². The van der Waals surface area contributed by atoms with Crippen LogP contribution in [0.25, 0.3) is 10.2 Å². The second kappa shape index (κ2) is 5.30. The van der Waals surface area contributed by atoms with Gasteiger partial charge in [0.15, 0.2) is 0 Å². The van der Waals surface area contributed by atoms with Crippen LogP contribution in [0.15, 0.2) is 24.3 Å². The summed E-state index contributed by atoms with van der Waals surface area (Å²) in [5, 5.41) is 1.01. The fourth-order valence-electron chi connectivity index (χ4n) is 2.60. The van der Waals surface area contributed by atoms with Crippen LogP contribution in [0.3, 0.4) is 0 Å². The van der Waals surface area contributed by atoms with Crippen molar-refractivity contribution >= 4 is 27.6 Å². The van der Waals surface area contributed by atoms with Gasteiger partial charge >= 0.3 is 6.09 Å². The Morgan fingerprint density at radius 3 is 2.86 bits per heavy atom. The van der Waals surface area contributed by atoms with Crippen molar-refractivity contribution in [3.8, 4) is 0 Å². The molecule has 112 valence electrons. The van der Waals surface area contributed by atoms with Gasteiger partial charge in [0, 0.05) is 6.54 Å². The third kappa shape index (κ3) is 3.02. The Hall–Kier alpha value is -1.62. The molecule has 0 aliphatic carbocycles. The lowest BCUT2D eigenvalue weighted by Crippen LogP contribution is -2.36. The monoisotopic (exact) mass is 304 g/mol. The molecule has 0 radical (unpaired) electrons. The highest BCUT2D eigenvalue weighted by atomic mass is 32.1. The van der Waals surface area contributed by atoms with Gasteiger partial charge in [0.1, 0.15) is 10.6 Å². The molecule has 4 nitrogen and oxygen atoms in total. The Morgan fingerprint density at radius 2 is 2.14 bits per heavy atom. The Kier molecular flexibility index (Phi) is 3.61. The van der Waals surface area contributed by atoms with Crippen molar-refractivity contribution in [3.63, 3.8) is 0 Å². The summed E-state index contributed by atoms with van der Waals surface area (Å²) in [7, 11) is 0. The minimum absolute atomic E-state index is 0.0530. The molecule has 3 rings (SSSR count). The second-order valence-electron chi connectivity index (χ2n) is 6.35. The number of hydrogen-bond acceptors (Lipinski definition) is 4. The number of likely N-dealkylation sites (tertiary alicyclic amines) is 1. The number of para-hydroxylation sites is 1. The van der Waals surface area contributed by atoms with E-state index in [1.165, 1.54) is 4.70 Å². The predicted octanol–water partition coefficient (Wildman–Crippen LogP) is 4.37. The standard InChI is InChI=1S/C16H20N2O2S/c1-16(2,3)20-15(19)18-10-6-8-12(18)14-17-11-7-4-5-9-13(11)21-14/h4-5,7,9,12H,6,8,10H2,1-3H3/t12-/m1/s1. The fourth-order valence-corrected chi connectivity index (χ4v) is 3.71. The molecule has 0 bridgehead atoms. The molecule has 1 aliphatic heterocycles. The van der Waals surface area contributed by atoms with Crippen LogP contribution < -0.4 is 0 Å². The minimum atomic E-state index is -0.461. The Bertz CT molecular complexity index is 627. The van der Waals surface area contributed by atoms with Crippen LogP contribution in [0.5, 0.6) is 0 Å². The zero-order valence-corrected chi connectivity index (χ0v) is 13.4. The molecule has 1 aromatic heterocycles. The SMILES string of the molecule is CC(C)(C)OC(=O)N1CCC[C@@H]1c1nc2ccccc2s1. The lowest BCUT2D eigenvalue weighted by molar-refractivity contribution is 0.0224. The van der Waals surface area contributed by atoms with E-state index in [2.05, 4.69) is 6.07 Å². The highest BCUT2D eigenvalue weighted by Gasteiger charge is 2.34. The van der Waals surface area contributed by atoms with E-state index in [1.807, 2.05) is 43.9 Å². The van der Waals surface area contributed by atoms with Crippen molar-refractivity contribution in [1.29, 1.82) is 0 Å². The zero-order valence-electron chi connectivity index (χ0n) is 12.6. The highest BCUT2D eigenvalue weighted by Crippen LogP contribution is 2.37. The average molecular weight is 304 g/mol. The molecule has 1 aliphatic rings. The summed E-state index contributed by atoms with van der Waals surface area (Å²) in [5.41, 5.74) is 0.547. The predicted molar refractivity (Wildman–Crippen MR) is 84.5 cm³/mol. The fraction of sp³-hybridized carbons (Fsp3) is 0.500. The maximum atomic E-state index is 12.3.